The predicted octanol–water partition coefficient (Wildman–Crippen LogP) is 3.22. The minimum atomic E-state index is -0.453. The van der Waals surface area contributed by atoms with E-state index in [1.54, 1.807) is 32.5 Å². The van der Waals surface area contributed by atoms with Crippen molar-refractivity contribution >= 4 is 16.8 Å². The van der Waals surface area contributed by atoms with Crippen molar-refractivity contribution in [3.8, 4) is 17.2 Å². The molecule has 2 aromatic carbocycles. The van der Waals surface area contributed by atoms with E-state index < -0.39 is 5.56 Å². The molecule has 4 aromatic rings. The third-order valence-electron chi connectivity index (χ3n) is 5.81. The zero-order valence-electron chi connectivity index (χ0n) is 20.6. The van der Waals surface area contributed by atoms with Gasteiger partial charge in [0, 0.05) is 11.9 Å². The molecule has 0 aliphatic heterocycles. The number of rotatable bonds is 9. The lowest BCUT2D eigenvalue weighted by Crippen LogP contribution is -2.35. The molecule has 36 heavy (non-hydrogen) atoms. The summed E-state index contributed by atoms with van der Waals surface area (Å²) in [5.41, 5.74) is 1.99. The molecule has 0 radical (unpaired) electrons. The van der Waals surface area contributed by atoms with Crippen molar-refractivity contribution in [1.82, 2.24) is 24.9 Å². The van der Waals surface area contributed by atoms with Crippen LogP contribution in [0.3, 0.4) is 0 Å². The van der Waals surface area contributed by atoms with Gasteiger partial charge in [-0.2, -0.15) is 10.2 Å². The Bertz CT molecular complexity index is 1440. The number of halogens is 1. The summed E-state index contributed by atoms with van der Waals surface area (Å²) >= 11 is 0. The number of hydrogen-bond acceptors (Lipinski definition) is 6. The molecule has 1 N–H and O–H groups in total. The fraction of sp³-hybridized carbons (Fsp3) is 0.308. The standard InChI is InChI=1S/C26H28FN5O4/c1-16(2)24-20-14-29-32(19-8-6-18(27)7-9-19)25(20)26(34)31(30-24)15-23(33)28-12-11-17-5-10-21(35-3)22(13-17)36-4/h5-10,13-14,16H,11-12,15H2,1-4H3,(H,28,33). The van der Waals surface area contributed by atoms with Crippen molar-refractivity contribution in [2.45, 2.75) is 32.7 Å². The van der Waals surface area contributed by atoms with E-state index in [2.05, 4.69) is 15.5 Å². The molecule has 188 valence electrons. The number of ether oxygens (including phenoxy) is 2. The topological polar surface area (TPSA) is 100 Å². The second-order valence-corrected chi connectivity index (χ2v) is 8.59. The van der Waals surface area contributed by atoms with E-state index in [0.717, 1.165) is 10.2 Å². The van der Waals surface area contributed by atoms with Crippen LogP contribution in [-0.2, 0) is 17.8 Å². The SMILES string of the molecule is COc1ccc(CCNC(=O)Cn2nc(C(C)C)c3cnn(-c4ccc(F)cc4)c3c2=O)cc1OC. The molecule has 9 nitrogen and oxygen atoms in total. The number of benzene rings is 2. The second-order valence-electron chi connectivity index (χ2n) is 8.59. The van der Waals surface area contributed by atoms with Crippen molar-refractivity contribution in [1.29, 1.82) is 0 Å². The predicted molar refractivity (Wildman–Crippen MR) is 133 cm³/mol. The van der Waals surface area contributed by atoms with Crippen molar-refractivity contribution in [2.24, 2.45) is 0 Å². The number of amides is 1. The van der Waals surface area contributed by atoms with Gasteiger partial charge < -0.3 is 14.8 Å². The van der Waals surface area contributed by atoms with Crippen LogP contribution in [0.15, 0.2) is 53.5 Å². The van der Waals surface area contributed by atoms with Crippen LogP contribution in [0, 0.1) is 5.82 Å². The first kappa shape index (κ1) is 24.9. The summed E-state index contributed by atoms with van der Waals surface area (Å²) in [6.45, 7) is 4.04. The average molecular weight is 494 g/mol. The van der Waals surface area contributed by atoms with Gasteiger partial charge in [-0.15, -0.1) is 0 Å². The number of aromatic nitrogens is 4. The van der Waals surface area contributed by atoms with E-state index in [4.69, 9.17) is 9.47 Å². The molecule has 0 aliphatic rings. The highest BCUT2D eigenvalue weighted by atomic mass is 19.1. The number of fused-ring (bicyclic) bond motifs is 1. The zero-order valence-corrected chi connectivity index (χ0v) is 20.6. The quantitative estimate of drug-likeness (QED) is 0.384. The van der Waals surface area contributed by atoms with Crippen molar-refractivity contribution in [2.75, 3.05) is 20.8 Å². The number of carbonyl (C=O) groups is 1. The summed E-state index contributed by atoms with van der Waals surface area (Å²) in [6.07, 6.45) is 2.15. The molecular weight excluding hydrogens is 465 g/mol. The lowest BCUT2D eigenvalue weighted by Gasteiger charge is -2.13. The van der Waals surface area contributed by atoms with E-state index in [0.29, 0.717) is 46.7 Å². The summed E-state index contributed by atoms with van der Waals surface area (Å²) in [5, 5.41) is 12.3. The fourth-order valence-electron chi connectivity index (χ4n) is 3.98. The molecule has 2 heterocycles. The lowest BCUT2D eigenvalue weighted by atomic mass is 10.1. The Kier molecular flexibility index (Phi) is 7.33. The van der Waals surface area contributed by atoms with Crippen LogP contribution in [0.5, 0.6) is 11.5 Å². The third kappa shape index (κ3) is 5.07. The van der Waals surface area contributed by atoms with E-state index in [1.807, 2.05) is 32.0 Å². The molecule has 1 amide bonds. The summed E-state index contributed by atoms with van der Waals surface area (Å²) in [6, 6.07) is 11.3. The van der Waals surface area contributed by atoms with Gasteiger partial charge in [-0.3, -0.25) is 9.59 Å². The Labute approximate surface area is 207 Å². The highest BCUT2D eigenvalue weighted by Crippen LogP contribution is 2.27. The van der Waals surface area contributed by atoms with Gasteiger partial charge in [-0.25, -0.2) is 13.8 Å². The Hall–Kier alpha value is -4.21. The van der Waals surface area contributed by atoms with Gasteiger partial charge >= 0.3 is 0 Å². The zero-order chi connectivity index (χ0) is 25.8. The normalized spacial score (nSPS) is 11.2. The van der Waals surface area contributed by atoms with Gasteiger partial charge in [-0.05, 0) is 54.3 Å². The number of hydrogen-bond donors (Lipinski definition) is 1. The Morgan fingerprint density at radius 1 is 1.08 bits per heavy atom. The van der Waals surface area contributed by atoms with E-state index >= 15 is 0 Å². The second kappa shape index (κ2) is 10.6. The van der Waals surface area contributed by atoms with Crippen LogP contribution in [0.1, 0.15) is 31.0 Å². The Balaban J connectivity index is 1.55. The summed E-state index contributed by atoms with van der Waals surface area (Å²) in [5.74, 6) is 0.503. The first-order chi connectivity index (χ1) is 17.3. The Morgan fingerprint density at radius 3 is 2.47 bits per heavy atom. The fourth-order valence-corrected chi connectivity index (χ4v) is 3.98. The summed E-state index contributed by atoms with van der Waals surface area (Å²) in [4.78, 5) is 26.1. The van der Waals surface area contributed by atoms with Crippen molar-refractivity contribution in [3.05, 3.63) is 76.1 Å². The average Bonchev–Trinajstić information content (AvgIpc) is 3.31. The van der Waals surface area contributed by atoms with E-state index in [1.165, 1.54) is 16.8 Å². The van der Waals surface area contributed by atoms with Crippen LogP contribution < -0.4 is 20.3 Å². The molecule has 0 unspecified atom stereocenters. The molecule has 0 saturated heterocycles. The molecule has 2 aromatic heterocycles. The van der Waals surface area contributed by atoms with Crippen LogP contribution in [0.2, 0.25) is 0 Å². The van der Waals surface area contributed by atoms with E-state index in [-0.39, 0.29) is 24.2 Å². The number of carbonyl (C=O) groups excluding carboxylic acids is 1. The molecule has 0 saturated carbocycles. The largest absolute Gasteiger partial charge is 0.493 e. The molecule has 0 aliphatic carbocycles. The van der Waals surface area contributed by atoms with Gasteiger partial charge in [0.1, 0.15) is 17.9 Å². The van der Waals surface area contributed by atoms with Crippen molar-refractivity contribution < 1.29 is 18.7 Å². The molecule has 0 fully saturated rings. The molecule has 4 rings (SSSR count). The summed E-state index contributed by atoms with van der Waals surface area (Å²) < 4.78 is 26.6. The van der Waals surface area contributed by atoms with E-state index in [9.17, 15) is 14.0 Å². The van der Waals surface area contributed by atoms with Gasteiger partial charge in [0.05, 0.1) is 31.8 Å². The molecule has 0 atom stereocenters. The third-order valence-corrected chi connectivity index (χ3v) is 5.81. The minimum absolute atomic E-state index is 0.0154. The maximum Gasteiger partial charge on any atom is 0.293 e. The van der Waals surface area contributed by atoms with Gasteiger partial charge in [0.15, 0.2) is 11.5 Å². The number of methoxy groups -OCH3 is 2. The number of nitrogens with zero attached hydrogens (tertiary/aromatic N) is 4. The highest BCUT2D eigenvalue weighted by molar-refractivity contribution is 5.82. The van der Waals surface area contributed by atoms with Gasteiger partial charge in [0.2, 0.25) is 5.91 Å². The molecule has 0 bridgehead atoms. The maximum absolute atomic E-state index is 13.4. The van der Waals surface area contributed by atoms with Gasteiger partial charge in [0.25, 0.3) is 5.56 Å². The van der Waals surface area contributed by atoms with Crippen LogP contribution >= 0.6 is 0 Å². The first-order valence-electron chi connectivity index (χ1n) is 11.5. The van der Waals surface area contributed by atoms with Crippen LogP contribution in [0.4, 0.5) is 4.39 Å². The lowest BCUT2D eigenvalue weighted by molar-refractivity contribution is -0.121. The number of nitrogens with one attached hydrogen (secondary N) is 1. The molecule has 0 spiro atoms. The van der Waals surface area contributed by atoms with Crippen LogP contribution in [-0.4, -0.2) is 46.2 Å². The Morgan fingerprint density at radius 2 is 1.81 bits per heavy atom. The first-order valence-corrected chi connectivity index (χ1v) is 11.5. The summed E-state index contributed by atoms with van der Waals surface area (Å²) in [7, 11) is 3.14. The molecular formula is C26H28FN5O4. The van der Waals surface area contributed by atoms with Crippen molar-refractivity contribution in [3.63, 3.8) is 0 Å². The monoisotopic (exact) mass is 493 g/mol. The highest BCUT2D eigenvalue weighted by Gasteiger charge is 2.20. The maximum atomic E-state index is 13.4. The van der Waals surface area contributed by atoms with Gasteiger partial charge in [-0.1, -0.05) is 19.9 Å². The smallest absolute Gasteiger partial charge is 0.293 e. The minimum Gasteiger partial charge on any atom is -0.493 e. The molecule has 10 heteroatoms. The van der Waals surface area contributed by atoms with Crippen LogP contribution in [0.25, 0.3) is 16.6 Å².